The lowest BCUT2D eigenvalue weighted by Gasteiger charge is -2.15. The summed E-state index contributed by atoms with van der Waals surface area (Å²) in [5.41, 5.74) is 2.77. The Kier molecular flexibility index (Phi) is 6.26. The van der Waals surface area contributed by atoms with Crippen molar-refractivity contribution >= 4 is 62.6 Å². The summed E-state index contributed by atoms with van der Waals surface area (Å²) in [5, 5.41) is 1.63. The van der Waals surface area contributed by atoms with Gasteiger partial charge in [0.2, 0.25) is 0 Å². The van der Waals surface area contributed by atoms with Crippen LogP contribution in [0.4, 0.5) is 0 Å². The number of aryl methyl sites for hydroxylation is 1. The molecule has 4 aromatic rings. The van der Waals surface area contributed by atoms with Crippen molar-refractivity contribution in [1.82, 2.24) is 9.55 Å². The number of carbonyl (C=O) groups is 1. The van der Waals surface area contributed by atoms with Gasteiger partial charge in [0.05, 0.1) is 22.3 Å². The number of thioether (sulfide) groups is 1. The fourth-order valence-electron chi connectivity index (χ4n) is 3.11. The molecule has 4 nitrogen and oxygen atoms in total. The van der Waals surface area contributed by atoms with E-state index in [2.05, 4.69) is 22.6 Å². The van der Waals surface area contributed by atoms with E-state index < -0.39 is 0 Å². The summed E-state index contributed by atoms with van der Waals surface area (Å²) in [7, 11) is 0. The predicted molar refractivity (Wildman–Crippen MR) is 131 cm³/mol. The largest absolute Gasteiger partial charge is 0.293 e. The molecule has 0 aliphatic heterocycles. The first kappa shape index (κ1) is 21.1. The highest BCUT2D eigenvalue weighted by Gasteiger charge is 2.17. The molecule has 0 radical (unpaired) electrons. The average molecular weight is 547 g/mol. The molecule has 0 unspecified atom stereocenters. The first-order valence-corrected chi connectivity index (χ1v) is 11.6. The Hall–Kier alpha value is -2.16. The van der Waals surface area contributed by atoms with Crippen LogP contribution in [0, 0.1) is 10.5 Å². The van der Waals surface area contributed by atoms with Crippen LogP contribution >= 0.6 is 46.0 Å². The predicted octanol–water partition coefficient (Wildman–Crippen LogP) is 5.93. The first-order chi connectivity index (χ1) is 14.4. The minimum Gasteiger partial charge on any atom is -0.293 e. The topological polar surface area (TPSA) is 52.0 Å². The van der Waals surface area contributed by atoms with Crippen LogP contribution in [0.15, 0.2) is 76.7 Å². The normalized spacial score (nSPS) is 11.0. The zero-order valence-corrected chi connectivity index (χ0v) is 19.7. The molecule has 0 atom stereocenters. The third-order valence-corrected chi connectivity index (χ3v) is 6.52. The lowest BCUT2D eigenvalue weighted by atomic mass is 10.1. The van der Waals surface area contributed by atoms with E-state index in [1.165, 1.54) is 11.8 Å². The van der Waals surface area contributed by atoms with Gasteiger partial charge in [0.15, 0.2) is 10.9 Å². The third-order valence-electron chi connectivity index (χ3n) is 4.65. The van der Waals surface area contributed by atoms with Crippen LogP contribution in [0.5, 0.6) is 0 Å². The second-order valence-corrected chi connectivity index (χ2v) is 9.33. The van der Waals surface area contributed by atoms with Crippen LogP contribution in [0.3, 0.4) is 0 Å². The van der Waals surface area contributed by atoms with Gasteiger partial charge >= 0.3 is 0 Å². The fourth-order valence-corrected chi connectivity index (χ4v) is 4.63. The summed E-state index contributed by atoms with van der Waals surface area (Å²) in [6, 6.07) is 20.1. The fraction of sp³-hybridized carbons (Fsp3) is 0.0870. The molecule has 0 amide bonds. The van der Waals surface area contributed by atoms with Crippen molar-refractivity contribution in [2.24, 2.45) is 0 Å². The monoisotopic (exact) mass is 546 g/mol. The SMILES string of the molecule is Cc1ccccc1-n1c(SCC(=O)c2ccc(Cl)cc2)nc2ccc(I)cc2c1=O. The zero-order chi connectivity index (χ0) is 21.3. The van der Waals surface area contributed by atoms with Crippen molar-refractivity contribution in [3.63, 3.8) is 0 Å². The average Bonchev–Trinajstić information content (AvgIpc) is 2.74. The van der Waals surface area contributed by atoms with Crippen molar-refractivity contribution in [1.29, 1.82) is 0 Å². The number of hydrogen-bond acceptors (Lipinski definition) is 4. The third kappa shape index (κ3) is 4.31. The van der Waals surface area contributed by atoms with Crippen molar-refractivity contribution < 1.29 is 4.79 Å². The maximum absolute atomic E-state index is 13.4. The Morgan fingerprint density at radius 3 is 2.57 bits per heavy atom. The molecule has 1 heterocycles. The molecule has 0 spiro atoms. The molecule has 0 bridgehead atoms. The zero-order valence-electron chi connectivity index (χ0n) is 15.9. The second-order valence-electron chi connectivity index (χ2n) is 6.70. The second kappa shape index (κ2) is 8.91. The summed E-state index contributed by atoms with van der Waals surface area (Å²) in [5.74, 6) is 0.112. The maximum Gasteiger partial charge on any atom is 0.266 e. The number of para-hydroxylation sites is 1. The van der Waals surface area contributed by atoms with E-state index in [0.29, 0.717) is 26.6 Å². The number of nitrogens with zero attached hydrogens (tertiary/aromatic N) is 2. The van der Waals surface area contributed by atoms with E-state index in [0.717, 1.165) is 14.8 Å². The Morgan fingerprint density at radius 2 is 1.83 bits per heavy atom. The standard InChI is InChI=1S/C23H16ClIN2O2S/c1-14-4-2-3-5-20(14)27-22(29)18-12-17(25)10-11-19(18)26-23(27)30-13-21(28)15-6-8-16(24)9-7-15/h2-12H,13H2,1H3. The minimum absolute atomic E-state index is 0.0510. The Balaban J connectivity index is 1.80. The first-order valence-electron chi connectivity index (χ1n) is 9.14. The van der Waals surface area contributed by atoms with Gasteiger partial charge in [0, 0.05) is 14.2 Å². The molecule has 0 saturated heterocycles. The van der Waals surface area contributed by atoms with Crippen LogP contribution in [0.1, 0.15) is 15.9 Å². The summed E-state index contributed by atoms with van der Waals surface area (Å²) in [6.07, 6.45) is 0. The van der Waals surface area contributed by atoms with Crippen LogP contribution in [0.25, 0.3) is 16.6 Å². The molecule has 0 saturated carbocycles. The van der Waals surface area contributed by atoms with E-state index in [9.17, 15) is 9.59 Å². The van der Waals surface area contributed by atoms with Crippen LogP contribution in [0.2, 0.25) is 5.02 Å². The van der Waals surface area contributed by atoms with E-state index in [1.54, 1.807) is 28.8 Å². The van der Waals surface area contributed by atoms with Gasteiger partial charge < -0.3 is 0 Å². The summed E-state index contributed by atoms with van der Waals surface area (Å²) in [6.45, 7) is 1.95. The van der Waals surface area contributed by atoms with Crippen molar-refractivity contribution in [2.45, 2.75) is 12.1 Å². The molecule has 4 rings (SSSR count). The highest BCUT2D eigenvalue weighted by Crippen LogP contribution is 2.25. The highest BCUT2D eigenvalue weighted by molar-refractivity contribution is 14.1. The maximum atomic E-state index is 13.4. The molecular weight excluding hydrogens is 531 g/mol. The van der Waals surface area contributed by atoms with E-state index in [1.807, 2.05) is 49.4 Å². The van der Waals surface area contributed by atoms with Gasteiger partial charge in [0.25, 0.3) is 5.56 Å². The molecule has 0 aliphatic carbocycles. The summed E-state index contributed by atoms with van der Waals surface area (Å²) >= 11 is 9.36. The van der Waals surface area contributed by atoms with Crippen molar-refractivity contribution in [3.05, 3.63) is 96.8 Å². The van der Waals surface area contributed by atoms with Gasteiger partial charge in [-0.1, -0.05) is 41.6 Å². The number of aromatic nitrogens is 2. The molecule has 30 heavy (non-hydrogen) atoms. The van der Waals surface area contributed by atoms with Gasteiger partial charge in [0.1, 0.15) is 0 Å². The number of ketones is 1. The molecule has 0 aliphatic rings. The van der Waals surface area contributed by atoms with E-state index in [4.69, 9.17) is 16.6 Å². The molecule has 0 fully saturated rings. The molecular formula is C23H16ClIN2O2S. The minimum atomic E-state index is -0.144. The van der Waals surface area contributed by atoms with Crippen LogP contribution < -0.4 is 5.56 Å². The number of carbonyl (C=O) groups excluding carboxylic acids is 1. The van der Waals surface area contributed by atoms with Crippen LogP contribution in [-0.2, 0) is 0 Å². The van der Waals surface area contributed by atoms with Gasteiger partial charge in [-0.3, -0.25) is 14.2 Å². The number of benzene rings is 3. The van der Waals surface area contributed by atoms with Crippen molar-refractivity contribution in [3.8, 4) is 5.69 Å². The quantitative estimate of drug-likeness (QED) is 0.135. The lowest BCUT2D eigenvalue weighted by Crippen LogP contribution is -2.23. The molecule has 0 N–H and O–H groups in total. The molecule has 7 heteroatoms. The van der Waals surface area contributed by atoms with Gasteiger partial charge in [-0.15, -0.1) is 0 Å². The Morgan fingerprint density at radius 1 is 1.10 bits per heavy atom. The number of halogens is 2. The number of hydrogen-bond donors (Lipinski definition) is 0. The number of Topliss-reactive ketones (excluding diaryl/α,β-unsaturated/α-hetero) is 1. The van der Waals surface area contributed by atoms with E-state index in [-0.39, 0.29) is 17.1 Å². The summed E-state index contributed by atoms with van der Waals surface area (Å²) in [4.78, 5) is 30.8. The number of fused-ring (bicyclic) bond motifs is 1. The smallest absolute Gasteiger partial charge is 0.266 e. The molecule has 3 aromatic carbocycles. The highest BCUT2D eigenvalue weighted by atomic mass is 127. The van der Waals surface area contributed by atoms with E-state index >= 15 is 0 Å². The number of rotatable bonds is 5. The lowest BCUT2D eigenvalue weighted by molar-refractivity contribution is 0.102. The molecule has 1 aromatic heterocycles. The van der Waals surface area contributed by atoms with Gasteiger partial charge in [-0.2, -0.15) is 0 Å². The Bertz CT molecular complexity index is 1320. The van der Waals surface area contributed by atoms with Crippen molar-refractivity contribution in [2.75, 3.05) is 5.75 Å². The molecule has 150 valence electrons. The Labute approximate surface area is 196 Å². The van der Waals surface area contributed by atoms with Crippen LogP contribution in [-0.4, -0.2) is 21.1 Å². The summed E-state index contributed by atoms with van der Waals surface area (Å²) < 4.78 is 2.57. The van der Waals surface area contributed by atoms with Gasteiger partial charge in [-0.25, -0.2) is 4.98 Å². The van der Waals surface area contributed by atoms with Gasteiger partial charge in [-0.05, 0) is 83.6 Å².